The van der Waals surface area contributed by atoms with E-state index in [1.54, 1.807) is 18.2 Å². The Bertz CT molecular complexity index is 807. The molecule has 1 aromatic carbocycles. The predicted molar refractivity (Wildman–Crippen MR) is 91.4 cm³/mol. The van der Waals surface area contributed by atoms with Crippen LogP contribution in [0.5, 0.6) is 0 Å². The number of carbonyl (C=O) groups is 1. The number of ketones is 1. The number of halogens is 1. The van der Waals surface area contributed by atoms with Gasteiger partial charge in [0.25, 0.3) is 0 Å². The topological polar surface area (TPSA) is 78.6 Å². The summed E-state index contributed by atoms with van der Waals surface area (Å²) in [5.74, 6) is 0.712. The molecule has 1 heterocycles. The van der Waals surface area contributed by atoms with Gasteiger partial charge in [0, 0.05) is 30.2 Å². The van der Waals surface area contributed by atoms with Gasteiger partial charge in [-0.25, -0.2) is 0 Å². The highest BCUT2D eigenvalue weighted by Crippen LogP contribution is 2.50. The van der Waals surface area contributed by atoms with E-state index in [4.69, 9.17) is 13.6 Å². The van der Waals surface area contributed by atoms with Crippen LogP contribution in [0.1, 0.15) is 46.0 Å². The minimum atomic E-state index is -3.30. The zero-order chi connectivity index (χ0) is 17.3. The number of benzene rings is 1. The molecule has 128 valence electrons. The van der Waals surface area contributed by atoms with E-state index in [9.17, 15) is 9.36 Å². The summed E-state index contributed by atoms with van der Waals surface area (Å²) in [5, 5.41) is 3.77. The van der Waals surface area contributed by atoms with E-state index in [-0.39, 0.29) is 17.9 Å². The lowest BCUT2D eigenvalue weighted by Gasteiger charge is -2.16. The van der Waals surface area contributed by atoms with Crippen molar-refractivity contribution in [1.82, 2.24) is 5.16 Å². The van der Waals surface area contributed by atoms with Crippen LogP contribution in [0.3, 0.4) is 0 Å². The van der Waals surface area contributed by atoms with Crippen molar-refractivity contribution in [3.63, 3.8) is 0 Å². The van der Waals surface area contributed by atoms with Gasteiger partial charge in [-0.05, 0) is 36.6 Å². The van der Waals surface area contributed by atoms with Crippen LogP contribution in [0.4, 0.5) is 0 Å². The zero-order valence-electron chi connectivity index (χ0n) is 13.3. The van der Waals surface area contributed by atoms with Crippen LogP contribution < -0.4 is 0 Å². The Morgan fingerprint density at radius 2 is 2.04 bits per heavy atom. The maximum atomic E-state index is 13.0. The molecule has 0 saturated heterocycles. The second-order valence-electron chi connectivity index (χ2n) is 5.64. The van der Waals surface area contributed by atoms with Gasteiger partial charge >= 0.3 is 7.60 Å². The summed E-state index contributed by atoms with van der Waals surface area (Å²) in [6, 6.07) is 5.22. The third-order valence-corrected chi connectivity index (χ3v) is 6.36. The second kappa shape index (κ2) is 6.92. The molecule has 2 aromatic rings. The van der Waals surface area contributed by atoms with Crippen LogP contribution in [0, 0.1) is 0 Å². The Hall–Kier alpha value is -1.27. The van der Waals surface area contributed by atoms with E-state index in [0.717, 1.165) is 17.3 Å². The van der Waals surface area contributed by atoms with Crippen molar-refractivity contribution in [2.75, 3.05) is 14.2 Å². The zero-order valence-corrected chi connectivity index (χ0v) is 15.8. The number of carbonyl (C=O) groups excluding carboxylic acids is 1. The first-order valence-electron chi connectivity index (χ1n) is 7.45. The van der Waals surface area contributed by atoms with Crippen molar-refractivity contribution >= 4 is 29.3 Å². The molecule has 1 aliphatic carbocycles. The third kappa shape index (κ3) is 3.54. The van der Waals surface area contributed by atoms with E-state index in [1.165, 1.54) is 20.4 Å². The van der Waals surface area contributed by atoms with Gasteiger partial charge in [-0.2, -0.15) is 0 Å². The molecule has 0 amide bonds. The normalized spacial score (nSPS) is 14.8. The molecule has 3 rings (SSSR count). The van der Waals surface area contributed by atoms with Crippen LogP contribution in [-0.4, -0.2) is 25.2 Å². The van der Waals surface area contributed by atoms with Crippen molar-refractivity contribution < 1.29 is 22.9 Å². The highest BCUT2D eigenvalue weighted by atomic mass is 79.9. The van der Waals surface area contributed by atoms with Crippen LogP contribution in [-0.2, 0) is 19.8 Å². The van der Waals surface area contributed by atoms with Gasteiger partial charge in [0.2, 0.25) is 0 Å². The molecule has 0 atom stereocenters. The van der Waals surface area contributed by atoms with Gasteiger partial charge < -0.3 is 13.6 Å². The largest absolute Gasteiger partial charge is 0.360 e. The molecule has 6 nitrogen and oxygen atoms in total. The van der Waals surface area contributed by atoms with E-state index in [2.05, 4.69) is 21.1 Å². The van der Waals surface area contributed by atoms with Crippen molar-refractivity contribution in [3.05, 3.63) is 51.3 Å². The fraction of sp³-hybridized carbons (Fsp3) is 0.375. The number of nitrogens with zero attached hydrogens (tertiary/aromatic N) is 1. The average Bonchev–Trinajstić information content (AvgIpc) is 3.31. The van der Waals surface area contributed by atoms with Gasteiger partial charge in [-0.1, -0.05) is 21.1 Å². The van der Waals surface area contributed by atoms with E-state index >= 15 is 0 Å². The summed E-state index contributed by atoms with van der Waals surface area (Å²) in [4.78, 5) is 13.0. The molecule has 0 unspecified atom stereocenters. The summed E-state index contributed by atoms with van der Waals surface area (Å²) in [5.41, 5.74) is 1.49. The second-order valence-corrected chi connectivity index (χ2v) is 8.83. The van der Waals surface area contributed by atoms with E-state index in [1.807, 2.05) is 0 Å². The lowest BCUT2D eigenvalue weighted by atomic mass is 9.99. The highest BCUT2D eigenvalue weighted by Gasteiger charge is 2.34. The molecule has 1 fully saturated rings. The number of hydrogen-bond acceptors (Lipinski definition) is 6. The molecule has 1 saturated carbocycles. The van der Waals surface area contributed by atoms with E-state index < -0.39 is 7.60 Å². The van der Waals surface area contributed by atoms with Crippen molar-refractivity contribution in [1.29, 1.82) is 0 Å². The van der Waals surface area contributed by atoms with Crippen molar-refractivity contribution in [3.8, 4) is 0 Å². The number of rotatable bonds is 7. The Morgan fingerprint density at radius 3 is 2.67 bits per heavy atom. The maximum Gasteiger partial charge on any atom is 0.334 e. The van der Waals surface area contributed by atoms with Crippen LogP contribution in [0.15, 0.2) is 33.4 Å². The van der Waals surface area contributed by atoms with Crippen LogP contribution >= 0.6 is 23.5 Å². The fourth-order valence-corrected chi connectivity index (χ4v) is 4.03. The van der Waals surface area contributed by atoms with Crippen molar-refractivity contribution in [2.24, 2.45) is 0 Å². The first-order chi connectivity index (χ1) is 11.5. The van der Waals surface area contributed by atoms with Gasteiger partial charge in [0.15, 0.2) is 11.5 Å². The van der Waals surface area contributed by atoms with Gasteiger partial charge in [0.05, 0.1) is 17.9 Å². The van der Waals surface area contributed by atoms with Crippen LogP contribution in [0.25, 0.3) is 0 Å². The summed E-state index contributed by atoms with van der Waals surface area (Å²) < 4.78 is 28.5. The Balaban J connectivity index is 1.99. The summed E-state index contributed by atoms with van der Waals surface area (Å²) in [7, 11) is -0.640. The highest BCUT2D eigenvalue weighted by molar-refractivity contribution is 9.10. The number of hydrogen-bond donors (Lipinski definition) is 0. The lowest BCUT2D eigenvalue weighted by molar-refractivity contribution is 0.103. The molecule has 8 heteroatoms. The molecule has 0 radical (unpaired) electrons. The summed E-state index contributed by atoms with van der Waals surface area (Å²) in [6.45, 7) is 0. The Labute approximate surface area is 148 Å². The third-order valence-electron chi connectivity index (χ3n) is 4.02. The van der Waals surface area contributed by atoms with E-state index in [0.29, 0.717) is 22.5 Å². The van der Waals surface area contributed by atoms with Gasteiger partial charge in [-0.15, -0.1) is 0 Å². The fourth-order valence-electron chi connectivity index (χ4n) is 2.53. The smallest absolute Gasteiger partial charge is 0.334 e. The van der Waals surface area contributed by atoms with Gasteiger partial charge in [-0.3, -0.25) is 9.36 Å². The monoisotopic (exact) mass is 413 g/mol. The predicted octanol–water partition coefficient (Wildman–Crippen LogP) is 4.53. The minimum absolute atomic E-state index is 0.00452. The first-order valence-corrected chi connectivity index (χ1v) is 9.97. The Kier molecular flexibility index (Phi) is 5.06. The first kappa shape index (κ1) is 17.5. The lowest BCUT2D eigenvalue weighted by Crippen LogP contribution is -2.08. The molecule has 0 spiro atoms. The van der Waals surface area contributed by atoms with Crippen LogP contribution in [0.2, 0.25) is 0 Å². The molecule has 1 aromatic heterocycles. The Morgan fingerprint density at radius 1 is 1.33 bits per heavy atom. The molecular formula is C16H17BrNO5P. The van der Waals surface area contributed by atoms with Crippen molar-refractivity contribution in [2.45, 2.75) is 24.9 Å². The number of aromatic nitrogens is 1. The average molecular weight is 414 g/mol. The molecule has 1 aliphatic rings. The SMILES string of the molecule is COP(=O)(Cc1cc(Br)ccc1C(=O)c1cnoc1C1CC1)OC. The molecule has 0 bridgehead atoms. The summed E-state index contributed by atoms with van der Waals surface area (Å²) >= 11 is 3.38. The standard InChI is InChI=1S/C16H17BrNO5P/c1-21-24(20,22-2)9-11-7-12(17)5-6-13(11)15(19)14-8-18-23-16(14)10-3-4-10/h5-8,10H,3-4,9H2,1-2H3. The quantitative estimate of drug-likeness (QED) is 0.489. The molecule has 0 N–H and O–H groups in total. The minimum Gasteiger partial charge on any atom is -0.360 e. The maximum absolute atomic E-state index is 13.0. The molecular weight excluding hydrogens is 397 g/mol. The summed E-state index contributed by atoms with van der Waals surface area (Å²) in [6.07, 6.45) is 3.47. The molecule has 24 heavy (non-hydrogen) atoms. The van der Waals surface area contributed by atoms with Gasteiger partial charge in [0.1, 0.15) is 0 Å². The molecule has 0 aliphatic heterocycles.